The van der Waals surface area contributed by atoms with Crippen molar-refractivity contribution in [3.63, 3.8) is 0 Å². The number of hydrogen-bond donors (Lipinski definition) is 1. The second-order valence-corrected chi connectivity index (χ2v) is 5.99. The summed E-state index contributed by atoms with van der Waals surface area (Å²) in [5.74, 6) is 2.65. The predicted octanol–water partition coefficient (Wildman–Crippen LogP) is 2.30. The number of aryl methyl sites for hydroxylation is 2. The highest BCUT2D eigenvalue weighted by molar-refractivity contribution is 5.93. The summed E-state index contributed by atoms with van der Waals surface area (Å²) in [4.78, 5) is 18.6. The molecule has 4 heterocycles. The average Bonchev–Trinajstić information content (AvgIpc) is 3.33. The molecule has 4 rings (SSSR count). The van der Waals surface area contributed by atoms with E-state index in [0.717, 1.165) is 12.2 Å². The summed E-state index contributed by atoms with van der Waals surface area (Å²) in [6, 6.07) is 5.43. The third kappa shape index (κ3) is 2.60. The van der Waals surface area contributed by atoms with Gasteiger partial charge < -0.3 is 13.8 Å². The van der Waals surface area contributed by atoms with Gasteiger partial charge in [-0.25, -0.2) is 0 Å². The molecule has 0 bridgehead atoms. The highest BCUT2D eigenvalue weighted by Gasteiger charge is 2.32. The molecule has 124 valence electrons. The Bertz CT molecular complexity index is 878. The Labute approximate surface area is 137 Å². The monoisotopic (exact) mass is 327 g/mol. The van der Waals surface area contributed by atoms with Gasteiger partial charge in [0.1, 0.15) is 11.5 Å². The van der Waals surface area contributed by atoms with E-state index in [-0.39, 0.29) is 11.8 Å². The molecule has 1 aliphatic rings. The van der Waals surface area contributed by atoms with Crippen LogP contribution in [0, 0.1) is 13.8 Å². The van der Waals surface area contributed by atoms with Crippen LogP contribution in [-0.4, -0.2) is 44.2 Å². The number of nitrogens with zero attached hydrogens (tertiary/aromatic N) is 4. The highest BCUT2D eigenvalue weighted by atomic mass is 16.5. The molecule has 0 saturated carbocycles. The van der Waals surface area contributed by atoms with Gasteiger partial charge in [-0.15, -0.1) is 0 Å². The van der Waals surface area contributed by atoms with Crippen LogP contribution in [0.25, 0.3) is 11.5 Å². The Morgan fingerprint density at radius 1 is 1.38 bits per heavy atom. The number of hydrogen-bond acceptors (Lipinski definition) is 6. The van der Waals surface area contributed by atoms with Crippen LogP contribution >= 0.6 is 0 Å². The zero-order valence-electron chi connectivity index (χ0n) is 13.4. The molecule has 3 aromatic rings. The van der Waals surface area contributed by atoms with Crippen LogP contribution in [0.5, 0.6) is 0 Å². The number of aromatic amines is 1. The smallest absolute Gasteiger partial charge is 0.274 e. The fourth-order valence-corrected chi connectivity index (χ4v) is 2.92. The van der Waals surface area contributed by atoms with Crippen molar-refractivity contribution in [3.8, 4) is 11.5 Å². The summed E-state index contributed by atoms with van der Waals surface area (Å²) < 4.78 is 10.8. The van der Waals surface area contributed by atoms with E-state index in [1.165, 1.54) is 0 Å². The number of H-pyrrole nitrogens is 1. The van der Waals surface area contributed by atoms with Crippen molar-refractivity contribution in [2.45, 2.75) is 26.2 Å². The molecule has 1 saturated heterocycles. The van der Waals surface area contributed by atoms with Crippen LogP contribution in [0.15, 0.2) is 27.1 Å². The summed E-state index contributed by atoms with van der Waals surface area (Å²) in [5, 5.41) is 10.8. The molecule has 0 unspecified atom stereocenters. The van der Waals surface area contributed by atoms with Gasteiger partial charge >= 0.3 is 0 Å². The van der Waals surface area contributed by atoms with Crippen LogP contribution < -0.4 is 0 Å². The lowest BCUT2D eigenvalue weighted by molar-refractivity contribution is 0.0783. The van der Waals surface area contributed by atoms with Crippen LogP contribution in [0.1, 0.15) is 40.3 Å². The van der Waals surface area contributed by atoms with Crippen molar-refractivity contribution in [3.05, 3.63) is 41.4 Å². The third-order valence-corrected chi connectivity index (χ3v) is 4.17. The van der Waals surface area contributed by atoms with Gasteiger partial charge in [-0.05, 0) is 32.4 Å². The number of furan rings is 1. The number of carbonyl (C=O) groups is 1. The first-order chi connectivity index (χ1) is 11.6. The van der Waals surface area contributed by atoms with E-state index in [4.69, 9.17) is 8.94 Å². The van der Waals surface area contributed by atoms with Crippen LogP contribution in [0.3, 0.4) is 0 Å². The van der Waals surface area contributed by atoms with Gasteiger partial charge in [-0.2, -0.15) is 10.1 Å². The summed E-state index contributed by atoms with van der Waals surface area (Å²) in [6.07, 6.45) is 0.808. The zero-order chi connectivity index (χ0) is 16.7. The summed E-state index contributed by atoms with van der Waals surface area (Å²) in [7, 11) is 0. The quantitative estimate of drug-likeness (QED) is 0.792. The van der Waals surface area contributed by atoms with Gasteiger partial charge in [-0.1, -0.05) is 5.16 Å². The van der Waals surface area contributed by atoms with Crippen LogP contribution in [-0.2, 0) is 0 Å². The van der Waals surface area contributed by atoms with E-state index in [1.54, 1.807) is 17.9 Å². The molecule has 8 nitrogen and oxygen atoms in total. The van der Waals surface area contributed by atoms with Crippen LogP contribution in [0.2, 0.25) is 0 Å². The van der Waals surface area contributed by atoms with Crippen molar-refractivity contribution in [1.29, 1.82) is 0 Å². The lowest BCUT2D eigenvalue weighted by Gasteiger charge is -2.13. The molecule has 1 fully saturated rings. The largest absolute Gasteiger partial charge is 0.460 e. The number of rotatable bonds is 3. The summed E-state index contributed by atoms with van der Waals surface area (Å²) >= 11 is 0. The maximum Gasteiger partial charge on any atom is 0.274 e. The van der Waals surface area contributed by atoms with Crippen molar-refractivity contribution >= 4 is 5.91 Å². The van der Waals surface area contributed by atoms with Gasteiger partial charge in [0.2, 0.25) is 5.89 Å². The molecule has 0 radical (unpaired) electrons. The molecular weight excluding hydrogens is 310 g/mol. The lowest BCUT2D eigenvalue weighted by atomic mass is 10.1. The first kappa shape index (κ1) is 14.7. The van der Waals surface area contributed by atoms with E-state index < -0.39 is 0 Å². The van der Waals surface area contributed by atoms with Gasteiger partial charge in [0.05, 0.1) is 5.92 Å². The molecule has 3 aromatic heterocycles. The molecule has 8 heteroatoms. The first-order valence-corrected chi connectivity index (χ1v) is 7.82. The Hall–Kier alpha value is -2.90. The van der Waals surface area contributed by atoms with Crippen LogP contribution in [0.4, 0.5) is 0 Å². The molecule has 1 amide bonds. The zero-order valence-corrected chi connectivity index (χ0v) is 13.4. The number of amides is 1. The van der Waals surface area contributed by atoms with E-state index in [1.807, 2.05) is 19.1 Å². The van der Waals surface area contributed by atoms with E-state index in [9.17, 15) is 4.79 Å². The minimum Gasteiger partial charge on any atom is -0.460 e. The van der Waals surface area contributed by atoms with E-state index in [0.29, 0.717) is 42.0 Å². The minimum atomic E-state index is -0.112. The Balaban J connectivity index is 1.47. The molecule has 24 heavy (non-hydrogen) atoms. The van der Waals surface area contributed by atoms with Gasteiger partial charge in [0.25, 0.3) is 5.91 Å². The topological polar surface area (TPSA) is 101 Å². The molecule has 1 atom stereocenters. The standard InChI is InChI=1S/C16H17N5O3/c1-9-3-4-14(23-9)12-7-13(19-18-12)16(22)21-6-5-11(8-21)15-17-10(2)20-24-15/h3-4,7,11H,5-6,8H2,1-2H3,(H,18,19)/t11-/m1/s1. The van der Waals surface area contributed by atoms with E-state index in [2.05, 4.69) is 20.3 Å². The Kier molecular flexibility index (Phi) is 3.44. The fourth-order valence-electron chi connectivity index (χ4n) is 2.92. The van der Waals surface area contributed by atoms with Crippen molar-refractivity contribution in [2.75, 3.05) is 13.1 Å². The maximum atomic E-state index is 12.6. The van der Waals surface area contributed by atoms with Gasteiger partial charge in [0, 0.05) is 19.2 Å². The number of nitrogens with one attached hydrogen (secondary N) is 1. The molecule has 1 N–H and O–H groups in total. The first-order valence-electron chi connectivity index (χ1n) is 7.82. The highest BCUT2D eigenvalue weighted by Crippen LogP contribution is 2.27. The second kappa shape index (κ2) is 5.63. The second-order valence-electron chi connectivity index (χ2n) is 5.99. The predicted molar refractivity (Wildman–Crippen MR) is 83.3 cm³/mol. The molecule has 0 aliphatic carbocycles. The Morgan fingerprint density at radius 2 is 2.25 bits per heavy atom. The SMILES string of the molecule is Cc1noc([C@@H]2CCN(C(=O)c3cc(-c4ccc(C)o4)[nH]n3)C2)n1. The van der Waals surface area contributed by atoms with Gasteiger partial charge in [-0.3, -0.25) is 9.89 Å². The number of aromatic nitrogens is 4. The number of likely N-dealkylation sites (tertiary alicyclic amines) is 1. The average molecular weight is 327 g/mol. The van der Waals surface area contributed by atoms with E-state index >= 15 is 0 Å². The van der Waals surface area contributed by atoms with Crippen molar-refractivity contribution in [1.82, 2.24) is 25.2 Å². The Morgan fingerprint density at radius 3 is 2.96 bits per heavy atom. The number of carbonyl (C=O) groups excluding carboxylic acids is 1. The maximum absolute atomic E-state index is 12.6. The fraction of sp³-hybridized carbons (Fsp3) is 0.375. The molecule has 1 aliphatic heterocycles. The summed E-state index contributed by atoms with van der Waals surface area (Å²) in [5.41, 5.74) is 1.07. The normalized spacial score (nSPS) is 17.6. The van der Waals surface area contributed by atoms with Gasteiger partial charge in [0.15, 0.2) is 17.3 Å². The third-order valence-electron chi connectivity index (χ3n) is 4.17. The summed E-state index contributed by atoms with van der Waals surface area (Å²) in [6.45, 7) is 4.86. The minimum absolute atomic E-state index is 0.0845. The molecule has 0 aromatic carbocycles. The van der Waals surface area contributed by atoms with Crippen molar-refractivity contribution < 1.29 is 13.7 Å². The molecular formula is C16H17N5O3. The van der Waals surface area contributed by atoms with Crippen molar-refractivity contribution in [2.24, 2.45) is 0 Å². The molecule has 0 spiro atoms. The lowest BCUT2D eigenvalue weighted by Crippen LogP contribution is -2.28.